The fourth-order valence-electron chi connectivity index (χ4n) is 3.12. The van der Waals surface area contributed by atoms with E-state index < -0.39 is 0 Å². The smallest absolute Gasteiger partial charge is 0.240 e. The minimum absolute atomic E-state index is 0.129. The first kappa shape index (κ1) is 18.0. The molecule has 1 N–H and O–H groups in total. The van der Waals surface area contributed by atoms with E-state index >= 15 is 0 Å². The number of benzene rings is 1. The monoisotopic (exact) mass is 406 g/mol. The van der Waals surface area contributed by atoms with Gasteiger partial charge in [-0.1, -0.05) is 22.9 Å². The van der Waals surface area contributed by atoms with E-state index in [0.29, 0.717) is 47.4 Å². The molecule has 0 bridgehead atoms. The lowest BCUT2D eigenvalue weighted by atomic mass is 10.1. The molecule has 0 saturated carbocycles. The van der Waals surface area contributed by atoms with E-state index in [1.54, 1.807) is 23.7 Å². The number of hydrogen-bond acceptors (Lipinski definition) is 7. The van der Waals surface area contributed by atoms with Gasteiger partial charge in [0.15, 0.2) is 5.82 Å². The number of nitrogens with zero attached hydrogens (tertiary/aromatic N) is 5. The van der Waals surface area contributed by atoms with Crippen molar-refractivity contribution in [3.05, 3.63) is 40.7 Å². The molecule has 27 heavy (non-hydrogen) atoms. The van der Waals surface area contributed by atoms with Gasteiger partial charge >= 0.3 is 0 Å². The Balaban J connectivity index is 1.40. The molecule has 2 aromatic heterocycles. The van der Waals surface area contributed by atoms with Crippen LogP contribution in [0.2, 0.25) is 5.02 Å². The van der Waals surface area contributed by atoms with Crippen molar-refractivity contribution in [2.24, 2.45) is 0 Å². The number of pyridine rings is 1. The topological polar surface area (TPSA) is 74.2 Å². The summed E-state index contributed by atoms with van der Waals surface area (Å²) in [6.07, 6.45) is 1.51. The molecule has 4 rings (SSSR count). The van der Waals surface area contributed by atoms with Gasteiger partial charge in [-0.2, -0.15) is 0 Å². The molecule has 0 aliphatic carbocycles. The van der Waals surface area contributed by atoms with Crippen LogP contribution < -0.4 is 10.2 Å². The van der Waals surface area contributed by atoms with Gasteiger partial charge in [0.1, 0.15) is 11.0 Å². The summed E-state index contributed by atoms with van der Waals surface area (Å²) >= 11 is 7.39. The predicted molar refractivity (Wildman–Crippen MR) is 104 cm³/mol. The number of halogens is 2. The Morgan fingerprint density at radius 3 is 2.81 bits per heavy atom. The molecule has 3 heterocycles. The maximum Gasteiger partial charge on any atom is 0.240 e. The van der Waals surface area contributed by atoms with Crippen LogP contribution in [0.25, 0.3) is 10.9 Å². The molecule has 0 radical (unpaired) electrons. The van der Waals surface area contributed by atoms with Gasteiger partial charge < -0.3 is 4.90 Å². The van der Waals surface area contributed by atoms with Crippen LogP contribution in [0.15, 0.2) is 29.9 Å². The highest BCUT2D eigenvalue weighted by molar-refractivity contribution is 7.13. The lowest BCUT2D eigenvalue weighted by Gasteiger charge is -2.35. The average molecular weight is 407 g/mol. The summed E-state index contributed by atoms with van der Waals surface area (Å²) in [5.41, 5.74) is 2.35. The number of nitrogens with one attached hydrogen (secondary N) is 1. The zero-order valence-corrected chi connectivity index (χ0v) is 15.8. The summed E-state index contributed by atoms with van der Waals surface area (Å²) < 4.78 is 14.9. The van der Waals surface area contributed by atoms with E-state index in [1.807, 2.05) is 9.80 Å². The van der Waals surface area contributed by atoms with Gasteiger partial charge in [-0.25, -0.2) is 4.39 Å². The van der Waals surface area contributed by atoms with Crippen molar-refractivity contribution >= 4 is 50.6 Å². The van der Waals surface area contributed by atoms with Crippen LogP contribution in [0.5, 0.6) is 0 Å². The molecular weight excluding hydrogens is 391 g/mol. The Labute approximate surface area is 163 Å². The minimum Gasteiger partial charge on any atom is -0.367 e. The minimum atomic E-state index is -0.363. The molecule has 1 aliphatic rings. The summed E-state index contributed by atoms with van der Waals surface area (Å²) in [4.78, 5) is 20.2. The summed E-state index contributed by atoms with van der Waals surface area (Å²) in [5.74, 6) is -0.492. The third-order valence-corrected chi connectivity index (χ3v) is 5.40. The number of amides is 1. The highest BCUT2D eigenvalue weighted by Gasteiger charge is 2.22. The van der Waals surface area contributed by atoms with Crippen LogP contribution in [0.4, 0.5) is 15.2 Å². The fraction of sp³-hybridized carbons (Fsp3) is 0.294. The normalized spacial score (nSPS) is 15.3. The molecule has 10 heteroatoms. The van der Waals surface area contributed by atoms with E-state index in [-0.39, 0.29) is 23.8 Å². The Kier molecular flexibility index (Phi) is 5.15. The zero-order valence-electron chi connectivity index (χ0n) is 14.2. The average Bonchev–Trinajstić information content (AvgIpc) is 3.16. The molecule has 140 valence electrons. The van der Waals surface area contributed by atoms with Crippen LogP contribution in [0, 0.1) is 5.82 Å². The molecular formula is C17H16ClFN6OS. The first-order valence-corrected chi connectivity index (χ1v) is 9.63. The summed E-state index contributed by atoms with van der Waals surface area (Å²) in [7, 11) is 0. The van der Waals surface area contributed by atoms with Crippen LogP contribution in [-0.4, -0.2) is 58.7 Å². The van der Waals surface area contributed by atoms with Gasteiger partial charge in [-0.05, 0) is 18.2 Å². The molecule has 1 aliphatic heterocycles. The van der Waals surface area contributed by atoms with Gasteiger partial charge in [0.05, 0.1) is 17.3 Å². The summed E-state index contributed by atoms with van der Waals surface area (Å²) in [5, 5.41) is 11.8. The predicted octanol–water partition coefficient (Wildman–Crippen LogP) is 2.64. The number of aromatic nitrogens is 3. The van der Waals surface area contributed by atoms with Crippen molar-refractivity contribution in [2.45, 2.75) is 0 Å². The number of fused-ring (bicyclic) bond motifs is 1. The summed E-state index contributed by atoms with van der Waals surface area (Å²) in [6.45, 7) is 2.82. The van der Waals surface area contributed by atoms with Crippen LogP contribution in [0.3, 0.4) is 0 Å². The summed E-state index contributed by atoms with van der Waals surface area (Å²) in [6, 6.07) is 5.18. The molecule has 1 fully saturated rings. The highest BCUT2D eigenvalue weighted by atomic mass is 35.5. The van der Waals surface area contributed by atoms with E-state index in [4.69, 9.17) is 11.6 Å². The van der Waals surface area contributed by atoms with Crippen LogP contribution >= 0.6 is 22.9 Å². The molecule has 1 saturated heterocycles. The maximum atomic E-state index is 14.9. The van der Waals surface area contributed by atoms with E-state index in [2.05, 4.69) is 20.5 Å². The molecule has 0 unspecified atom stereocenters. The van der Waals surface area contributed by atoms with E-state index in [9.17, 15) is 9.18 Å². The van der Waals surface area contributed by atoms with Crippen LogP contribution in [0.1, 0.15) is 0 Å². The third kappa shape index (κ3) is 3.85. The number of anilines is 2. The molecule has 0 spiro atoms. The first-order valence-electron chi connectivity index (χ1n) is 8.38. The highest BCUT2D eigenvalue weighted by Crippen LogP contribution is 2.30. The zero-order chi connectivity index (χ0) is 18.8. The first-order chi connectivity index (χ1) is 13.1. The maximum absolute atomic E-state index is 14.9. The fourth-order valence-corrected chi connectivity index (χ4v) is 3.79. The number of hydrogen-bond donors (Lipinski definition) is 1. The van der Waals surface area contributed by atoms with E-state index in [1.165, 1.54) is 17.5 Å². The van der Waals surface area contributed by atoms with Crippen molar-refractivity contribution in [1.29, 1.82) is 0 Å². The van der Waals surface area contributed by atoms with E-state index in [0.717, 1.165) is 0 Å². The lowest BCUT2D eigenvalue weighted by molar-refractivity contribution is -0.117. The standard InChI is InChI=1S/C17H16ClFN6OS/c18-12-3-4-20-16-11(12)1-2-13(15(16)19)25-7-5-24(6-8-25)9-14(26)22-17-23-21-10-27-17/h1-4,10H,5-9H2,(H,22,23,26). The SMILES string of the molecule is O=C(CN1CCN(c2ccc3c(Cl)ccnc3c2F)CC1)Nc1nncs1. The van der Waals surface area contributed by atoms with Crippen molar-refractivity contribution < 1.29 is 9.18 Å². The lowest BCUT2D eigenvalue weighted by Crippen LogP contribution is -2.49. The van der Waals surface area contributed by atoms with Crippen LogP contribution in [-0.2, 0) is 4.79 Å². The molecule has 1 amide bonds. The van der Waals surface area contributed by atoms with Gasteiger partial charge in [-0.3, -0.25) is 20.0 Å². The second-order valence-electron chi connectivity index (χ2n) is 6.14. The van der Waals surface area contributed by atoms with Crippen molar-refractivity contribution in [3.8, 4) is 0 Å². The molecule has 7 nitrogen and oxygen atoms in total. The number of rotatable bonds is 4. The van der Waals surface area contributed by atoms with Gasteiger partial charge in [0.2, 0.25) is 11.0 Å². The Hall–Kier alpha value is -2.36. The van der Waals surface area contributed by atoms with Crippen molar-refractivity contribution in [2.75, 3.05) is 42.9 Å². The molecule has 1 aromatic carbocycles. The number of carbonyl (C=O) groups is 1. The van der Waals surface area contributed by atoms with Crippen molar-refractivity contribution in [3.63, 3.8) is 0 Å². The van der Waals surface area contributed by atoms with Gasteiger partial charge in [-0.15, -0.1) is 10.2 Å². The number of piperazine rings is 1. The van der Waals surface area contributed by atoms with Gasteiger partial charge in [0.25, 0.3) is 0 Å². The Morgan fingerprint density at radius 2 is 2.07 bits per heavy atom. The van der Waals surface area contributed by atoms with Gasteiger partial charge in [0, 0.05) is 37.8 Å². The third-order valence-electron chi connectivity index (χ3n) is 4.46. The molecule has 3 aromatic rings. The molecule has 0 atom stereocenters. The Morgan fingerprint density at radius 1 is 1.26 bits per heavy atom. The quantitative estimate of drug-likeness (QED) is 0.718. The number of carbonyl (C=O) groups excluding carboxylic acids is 1. The largest absolute Gasteiger partial charge is 0.367 e. The second-order valence-corrected chi connectivity index (χ2v) is 7.38. The Bertz CT molecular complexity index is 961. The van der Waals surface area contributed by atoms with Crippen molar-refractivity contribution in [1.82, 2.24) is 20.1 Å². The second kappa shape index (κ2) is 7.71.